The summed E-state index contributed by atoms with van der Waals surface area (Å²) in [6.07, 6.45) is 3.81. The van der Waals surface area contributed by atoms with Crippen molar-refractivity contribution in [2.45, 2.75) is 31.8 Å². The van der Waals surface area contributed by atoms with Crippen molar-refractivity contribution in [2.24, 2.45) is 0 Å². The van der Waals surface area contributed by atoms with Crippen LogP contribution in [0.5, 0.6) is 5.75 Å². The van der Waals surface area contributed by atoms with Crippen LogP contribution in [0.1, 0.15) is 24.8 Å². The summed E-state index contributed by atoms with van der Waals surface area (Å²) in [5, 5.41) is 14.1. The Bertz CT molecular complexity index is 440. The normalized spacial score (nSPS) is 20.7. The summed E-state index contributed by atoms with van der Waals surface area (Å²) in [5.41, 5.74) is 0.746. The van der Waals surface area contributed by atoms with Gasteiger partial charge in [0.1, 0.15) is 5.75 Å². The third-order valence-corrected chi connectivity index (χ3v) is 4.23. The quantitative estimate of drug-likeness (QED) is 0.896. The van der Waals surface area contributed by atoms with Gasteiger partial charge < -0.3 is 15.3 Å². The van der Waals surface area contributed by atoms with Crippen LogP contribution in [-0.4, -0.2) is 36.2 Å². The molecule has 5 heteroatoms. The van der Waals surface area contributed by atoms with Crippen LogP contribution in [-0.2, 0) is 6.54 Å². The second kappa shape index (κ2) is 6.80. The largest absolute Gasteiger partial charge is 0.506 e. The number of phenolic OH excluding ortho intramolecular Hbond substituents is 1. The maximum atomic E-state index is 9.87. The number of hydrogen-bond acceptors (Lipinski definition) is 3. The number of likely N-dealkylation sites (tertiary alicyclic amines) is 1. The van der Waals surface area contributed by atoms with Gasteiger partial charge in [-0.05, 0) is 38.6 Å². The predicted octanol–water partition coefficient (Wildman–Crippen LogP) is 3.27. The molecule has 1 heterocycles. The third kappa shape index (κ3) is 3.99. The summed E-state index contributed by atoms with van der Waals surface area (Å²) in [4.78, 5) is 2.39. The first-order valence-corrected chi connectivity index (χ1v) is 7.41. The number of nitrogens with one attached hydrogen (secondary N) is 1. The van der Waals surface area contributed by atoms with Crippen LogP contribution in [0.3, 0.4) is 0 Å². The third-order valence-electron chi connectivity index (χ3n) is 3.72. The van der Waals surface area contributed by atoms with Crippen molar-refractivity contribution in [2.75, 3.05) is 20.1 Å². The standard InChI is InChI=1S/C14H20Cl2N2O/c1-18-5-3-2-4-12(18)9-17-8-10-6-11(15)7-13(16)14(10)19/h6-7,12,17,19H,2-5,8-9H2,1H3. The van der Waals surface area contributed by atoms with E-state index in [1.165, 1.54) is 25.8 Å². The van der Waals surface area contributed by atoms with Crippen molar-refractivity contribution in [1.29, 1.82) is 0 Å². The Balaban J connectivity index is 1.88. The van der Waals surface area contributed by atoms with E-state index < -0.39 is 0 Å². The second-order valence-corrected chi connectivity index (χ2v) is 6.00. The first kappa shape index (κ1) is 14.9. The zero-order valence-electron chi connectivity index (χ0n) is 11.1. The van der Waals surface area contributed by atoms with Crippen molar-refractivity contribution in [1.82, 2.24) is 10.2 Å². The van der Waals surface area contributed by atoms with Crippen LogP contribution in [0, 0.1) is 0 Å². The molecule has 1 unspecified atom stereocenters. The molecule has 106 valence electrons. The fourth-order valence-electron chi connectivity index (χ4n) is 2.53. The van der Waals surface area contributed by atoms with Crippen molar-refractivity contribution < 1.29 is 5.11 Å². The van der Waals surface area contributed by atoms with Gasteiger partial charge in [0.2, 0.25) is 0 Å². The van der Waals surface area contributed by atoms with E-state index >= 15 is 0 Å². The summed E-state index contributed by atoms with van der Waals surface area (Å²) in [6, 6.07) is 3.88. The number of piperidine rings is 1. The lowest BCUT2D eigenvalue weighted by Crippen LogP contribution is -2.42. The topological polar surface area (TPSA) is 35.5 Å². The molecule has 3 nitrogen and oxygen atoms in total. The molecular weight excluding hydrogens is 283 g/mol. The van der Waals surface area contributed by atoms with Crippen LogP contribution in [0.4, 0.5) is 0 Å². The molecular formula is C14H20Cl2N2O. The van der Waals surface area contributed by atoms with Crippen molar-refractivity contribution in [3.05, 3.63) is 27.7 Å². The van der Waals surface area contributed by atoms with Crippen LogP contribution in [0.15, 0.2) is 12.1 Å². The van der Waals surface area contributed by atoms with E-state index in [1.54, 1.807) is 12.1 Å². The Morgan fingerprint density at radius 3 is 2.89 bits per heavy atom. The number of rotatable bonds is 4. The number of hydrogen-bond donors (Lipinski definition) is 2. The number of halogens is 2. The molecule has 2 N–H and O–H groups in total. The molecule has 0 bridgehead atoms. The molecule has 1 atom stereocenters. The highest BCUT2D eigenvalue weighted by Crippen LogP contribution is 2.31. The van der Waals surface area contributed by atoms with Crippen molar-refractivity contribution in [3.63, 3.8) is 0 Å². The molecule has 1 aliphatic heterocycles. The minimum Gasteiger partial charge on any atom is -0.506 e. The molecule has 0 aliphatic carbocycles. The smallest absolute Gasteiger partial charge is 0.138 e. The average molecular weight is 303 g/mol. The monoisotopic (exact) mass is 302 g/mol. The maximum absolute atomic E-state index is 9.87. The van der Waals surface area contributed by atoms with Gasteiger partial charge in [0.25, 0.3) is 0 Å². The lowest BCUT2D eigenvalue weighted by Gasteiger charge is -2.32. The Labute approximate surface area is 124 Å². The molecule has 2 rings (SSSR count). The molecule has 1 aliphatic rings. The van der Waals surface area contributed by atoms with E-state index in [9.17, 15) is 5.11 Å². The van der Waals surface area contributed by atoms with Crippen molar-refractivity contribution >= 4 is 23.2 Å². The predicted molar refractivity (Wildman–Crippen MR) is 80.1 cm³/mol. The number of aromatic hydroxyl groups is 1. The molecule has 0 amide bonds. The van der Waals surface area contributed by atoms with E-state index in [2.05, 4.69) is 17.3 Å². The molecule has 0 spiro atoms. The fourth-order valence-corrected chi connectivity index (χ4v) is 3.07. The Kier molecular flexibility index (Phi) is 5.34. The minimum atomic E-state index is 0.121. The van der Waals surface area contributed by atoms with E-state index in [4.69, 9.17) is 23.2 Å². The van der Waals surface area contributed by atoms with Crippen molar-refractivity contribution in [3.8, 4) is 5.75 Å². The molecule has 0 saturated carbocycles. The number of phenols is 1. The number of likely N-dealkylation sites (N-methyl/N-ethyl adjacent to an activating group) is 1. The molecule has 0 aromatic heterocycles. The summed E-state index contributed by atoms with van der Waals surface area (Å²) in [6.45, 7) is 2.66. The second-order valence-electron chi connectivity index (χ2n) is 5.16. The minimum absolute atomic E-state index is 0.121. The van der Waals surface area contributed by atoms with Gasteiger partial charge in [-0.1, -0.05) is 29.6 Å². The average Bonchev–Trinajstić information content (AvgIpc) is 2.37. The zero-order valence-corrected chi connectivity index (χ0v) is 12.6. The van der Waals surface area contributed by atoms with Gasteiger partial charge in [-0.2, -0.15) is 0 Å². The Hall–Kier alpha value is -0.480. The van der Waals surface area contributed by atoms with Gasteiger partial charge in [0.05, 0.1) is 5.02 Å². The SMILES string of the molecule is CN1CCCCC1CNCc1cc(Cl)cc(Cl)c1O. The number of benzene rings is 1. The van der Waals surface area contributed by atoms with Gasteiger partial charge in [0, 0.05) is 29.7 Å². The first-order valence-electron chi connectivity index (χ1n) is 6.66. The fraction of sp³-hybridized carbons (Fsp3) is 0.571. The van der Waals surface area contributed by atoms with Crippen LogP contribution < -0.4 is 5.32 Å². The van der Waals surface area contributed by atoms with E-state index in [0.29, 0.717) is 22.6 Å². The molecule has 0 radical (unpaired) electrons. The lowest BCUT2D eigenvalue weighted by atomic mass is 10.0. The van der Waals surface area contributed by atoms with E-state index in [-0.39, 0.29) is 5.75 Å². The molecule has 19 heavy (non-hydrogen) atoms. The highest BCUT2D eigenvalue weighted by molar-refractivity contribution is 6.35. The van der Waals surface area contributed by atoms with E-state index in [1.807, 2.05) is 0 Å². The Morgan fingerprint density at radius 2 is 2.16 bits per heavy atom. The van der Waals surface area contributed by atoms with Gasteiger partial charge in [-0.15, -0.1) is 0 Å². The summed E-state index contributed by atoms with van der Waals surface area (Å²) < 4.78 is 0. The highest BCUT2D eigenvalue weighted by atomic mass is 35.5. The lowest BCUT2D eigenvalue weighted by molar-refractivity contribution is 0.181. The summed E-state index contributed by atoms with van der Waals surface area (Å²) in [7, 11) is 2.17. The van der Waals surface area contributed by atoms with Crippen LogP contribution in [0.2, 0.25) is 10.0 Å². The highest BCUT2D eigenvalue weighted by Gasteiger charge is 2.18. The van der Waals surface area contributed by atoms with Gasteiger partial charge in [-0.3, -0.25) is 0 Å². The van der Waals surface area contributed by atoms with Gasteiger partial charge in [-0.25, -0.2) is 0 Å². The summed E-state index contributed by atoms with van der Waals surface area (Å²) in [5.74, 6) is 0.121. The van der Waals surface area contributed by atoms with Gasteiger partial charge in [0.15, 0.2) is 0 Å². The zero-order chi connectivity index (χ0) is 13.8. The van der Waals surface area contributed by atoms with E-state index in [0.717, 1.165) is 12.1 Å². The summed E-state index contributed by atoms with van der Waals surface area (Å²) >= 11 is 11.8. The first-order chi connectivity index (χ1) is 9.08. The van der Waals surface area contributed by atoms with Gasteiger partial charge >= 0.3 is 0 Å². The van der Waals surface area contributed by atoms with Crippen LogP contribution in [0.25, 0.3) is 0 Å². The molecule has 1 saturated heterocycles. The van der Waals surface area contributed by atoms with Crippen LogP contribution >= 0.6 is 23.2 Å². The molecule has 1 aromatic carbocycles. The number of nitrogens with zero attached hydrogens (tertiary/aromatic N) is 1. The maximum Gasteiger partial charge on any atom is 0.138 e. The Morgan fingerprint density at radius 1 is 1.37 bits per heavy atom. The molecule has 1 aromatic rings. The molecule has 1 fully saturated rings.